The topological polar surface area (TPSA) is 60.4 Å². The van der Waals surface area contributed by atoms with E-state index < -0.39 is 5.97 Å². The normalized spacial score (nSPS) is 45.0. The monoisotopic (exact) mass is 415 g/mol. The van der Waals surface area contributed by atoms with Crippen molar-refractivity contribution in [3.05, 3.63) is 11.6 Å². The molecule has 30 heavy (non-hydrogen) atoms. The number of hydrogen-bond donors (Lipinski definition) is 1. The summed E-state index contributed by atoms with van der Waals surface area (Å²) in [6.45, 7) is 9.32. The number of aliphatic hydroxyl groups excluding tert-OH is 1. The standard InChI is InChI=1S/C27H44O3/c1-17(6-5-7-18(2)25(29)30)22-10-11-23-21-9-8-19-16-20(28)12-14-26(19,3)24(21)13-15-27(22,23)4/h8,17-18,20-24,28H,5-7,9-16H2,1-4H3,(H,29,30)/p-1/t17-,18+,20+,21+,22-,23+,24+,26+,27-/m1/s1. The van der Waals surface area contributed by atoms with Crippen LogP contribution in [0.1, 0.15) is 98.3 Å². The Labute approximate surface area is 183 Å². The Kier molecular flexibility index (Phi) is 6.16. The average Bonchev–Trinajstić information content (AvgIpc) is 3.05. The molecular formula is C27H43O3-. The second-order valence-electron chi connectivity index (χ2n) is 12.0. The van der Waals surface area contributed by atoms with Gasteiger partial charge >= 0.3 is 0 Å². The van der Waals surface area contributed by atoms with Crippen LogP contribution in [-0.4, -0.2) is 17.2 Å². The van der Waals surface area contributed by atoms with Crippen LogP contribution in [0, 0.1) is 46.3 Å². The number of allylic oxidation sites excluding steroid dienone is 1. The van der Waals surface area contributed by atoms with Crippen molar-refractivity contribution >= 4 is 5.97 Å². The lowest BCUT2D eigenvalue weighted by atomic mass is 9.47. The Morgan fingerprint density at radius 3 is 2.63 bits per heavy atom. The van der Waals surface area contributed by atoms with E-state index in [1.165, 1.54) is 38.5 Å². The van der Waals surface area contributed by atoms with Crippen molar-refractivity contribution < 1.29 is 15.0 Å². The van der Waals surface area contributed by atoms with Gasteiger partial charge in [-0.05, 0) is 104 Å². The lowest BCUT2D eigenvalue weighted by molar-refractivity contribution is -0.311. The van der Waals surface area contributed by atoms with Gasteiger partial charge < -0.3 is 15.0 Å². The van der Waals surface area contributed by atoms with Crippen molar-refractivity contribution in [1.82, 2.24) is 0 Å². The first-order valence-corrected chi connectivity index (χ1v) is 12.7. The maximum atomic E-state index is 11.0. The smallest absolute Gasteiger partial charge is 0.0577 e. The first-order valence-electron chi connectivity index (χ1n) is 12.7. The van der Waals surface area contributed by atoms with Crippen molar-refractivity contribution in [3.63, 3.8) is 0 Å². The SMILES string of the molecule is C[C@H](CCC[C@H](C)C(=O)[O-])[C@H]1CC[C@H]2[C@@H]3CC=C4C[C@@H](O)CC[C@]4(C)[C@H]3CC[C@]12C. The summed E-state index contributed by atoms with van der Waals surface area (Å²) in [7, 11) is 0. The molecule has 3 heteroatoms. The van der Waals surface area contributed by atoms with E-state index in [2.05, 4.69) is 26.8 Å². The number of aliphatic carboxylic acids is 1. The number of carboxylic acids is 1. The molecule has 0 spiro atoms. The molecule has 0 amide bonds. The van der Waals surface area contributed by atoms with Gasteiger partial charge in [-0.15, -0.1) is 0 Å². The molecule has 0 radical (unpaired) electrons. The molecule has 3 fully saturated rings. The first-order chi connectivity index (χ1) is 14.2. The van der Waals surface area contributed by atoms with Crippen LogP contribution >= 0.6 is 0 Å². The summed E-state index contributed by atoms with van der Waals surface area (Å²) in [5.74, 6) is 2.71. The minimum atomic E-state index is -0.901. The highest BCUT2D eigenvalue weighted by atomic mass is 16.4. The van der Waals surface area contributed by atoms with Gasteiger partial charge in [0.2, 0.25) is 0 Å². The Hall–Kier alpha value is -0.830. The number of hydrogen-bond acceptors (Lipinski definition) is 3. The van der Waals surface area contributed by atoms with Crippen molar-refractivity contribution in [1.29, 1.82) is 0 Å². The van der Waals surface area contributed by atoms with Crippen LogP contribution in [0.25, 0.3) is 0 Å². The third-order valence-electron chi connectivity index (χ3n) is 10.5. The van der Waals surface area contributed by atoms with Crippen molar-refractivity contribution in [2.24, 2.45) is 46.3 Å². The number of aliphatic hydroxyl groups is 1. The molecule has 1 N–H and O–H groups in total. The second-order valence-corrected chi connectivity index (χ2v) is 12.0. The summed E-state index contributed by atoms with van der Waals surface area (Å²) < 4.78 is 0. The minimum Gasteiger partial charge on any atom is -0.550 e. The first kappa shape index (κ1) is 22.4. The molecule has 170 valence electrons. The second kappa shape index (κ2) is 8.26. The van der Waals surface area contributed by atoms with Gasteiger partial charge in [-0.2, -0.15) is 0 Å². The van der Waals surface area contributed by atoms with E-state index in [1.807, 2.05) is 0 Å². The fourth-order valence-electron chi connectivity index (χ4n) is 8.68. The summed E-state index contributed by atoms with van der Waals surface area (Å²) in [5.41, 5.74) is 2.35. The van der Waals surface area contributed by atoms with Gasteiger partial charge in [0.05, 0.1) is 6.10 Å². The summed E-state index contributed by atoms with van der Waals surface area (Å²) in [6.07, 6.45) is 15.0. The largest absolute Gasteiger partial charge is 0.550 e. The van der Waals surface area contributed by atoms with Crippen LogP contribution in [0.4, 0.5) is 0 Å². The van der Waals surface area contributed by atoms with E-state index in [0.717, 1.165) is 55.8 Å². The zero-order chi connectivity index (χ0) is 21.7. The number of fused-ring (bicyclic) bond motifs is 5. The highest BCUT2D eigenvalue weighted by molar-refractivity contribution is 5.66. The summed E-state index contributed by atoms with van der Waals surface area (Å²) in [6, 6.07) is 0. The van der Waals surface area contributed by atoms with Crippen LogP contribution in [0.2, 0.25) is 0 Å². The lowest BCUT2D eigenvalue weighted by Crippen LogP contribution is -2.50. The van der Waals surface area contributed by atoms with Crippen LogP contribution < -0.4 is 5.11 Å². The molecule has 0 aromatic heterocycles. The highest BCUT2D eigenvalue weighted by Crippen LogP contribution is 2.67. The van der Waals surface area contributed by atoms with Gasteiger partial charge in [0.15, 0.2) is 0 Å². The fraction of sp³-hybridized carbons (Fsp3) is 0.889. The molecule has 0 heterocycles. The van der Waals surface area contributed by atoms with Crippen LogP contribution in [0.15, 0.2) is 11.6 Å². The van der Waals surface area contributed by atoms with Gasteiger partial charge in [0, 0.05) is 5.97 Å². The van der Waals surface area contributed by atoms with Gasteiger partial charge in [0.25, 0.3) is 0 Å². The molecule has 0 saturated heterocycles. The Morgan fingerprint density at radius 2 is 1.90 bits per heavy atom. The number of carbonyl (C=O) groups excluding carboxylic acids is 1. The third-order valence-corrected chi connectivity index (χ3v) is 10.5. The summed E-state index contributed by atoms with van der Waals surface area (Å²) in [4.78, 5) is 11.0. The average molecular weight is 416 g/mol. The number of carbonyl (C=O) groups is 1. The van der Waals surface area contributed by atoms with E-state index in [9.17, 15) is 15.0 Å². The maximum absolute atomic E-state index is 11.0. The fourth-order valence-corrected chi connectivity index (χ4v) is 8.68. The minimum absolute atomic E-state index is 0.119. The number of carboxylic acid groups (broad SMARTS) is 1. The van der Waals surface area contributed by atoms with Crippen molar-refractivity contribution in [2.75, 3.05) is 0 Å². The molecule has 9 atom stereocenters. The lowest BCUT2D eigenvalue weighted by Gasteiger charge is -2.58. The predicted molar refractivity (Wildman–Crippen MR) is 118 cm³/mol. The third kappa shape index (κ3) is 3.67. The Balaban J connectivity index is 1.44. The van der Waals surface area contributed by atoms with Gasteiger partial charge in [-0.1, -0.05) is 52.2 Å². The Morgan fingerprint density at radius 1 is 1.13 bits per heavy atom. The molecular weight excluding hydrogens is 372 g/mol. The van der Waals surface area contributed by atoms with E-state index >= 15 is 0 Å². The molecule has 4 rings (SSSR count). The zero-order valence-electron chi connectivity index (χ0n) is 19.7. The Bertz CT molecular complexity index is 684. The highest BCUT2D eigenvalue weighted by Gasteiger charge is 2.59. The van der Waals surface area contributed by atoms with Gasteiger partial charge in [-0.25, -0.2) is 0 Å². The molecule has 4 aliphatic rings. The predicted octanol–water partition coefficient (Wildman–Crippen LogP) is 5.12. The quantitative estimate of drug-likeness (QED) is 0.613. The van der Waals surface area contributed by atoms with E-state index in [0.29, 0.717) is 16.7 Å². The van der Waals surface area contributed by atoms with E-state index in [1.54, 1.807) is 12.5 Å². The molecule has 0 aromatic carbocycles. The van der Waals surface area contributed by atoms with Gasteiger partial charge in [-0.3, -0.25) is 0 Å². The van der Waals surface area contributed by atoms with Crippen molar-refractivity contribution in [3.8, 4) is 0 Å². The van der Waals surface area contributed by atoms with E-state index in [4.69, 9.17) is 0 Å². The maximum Gasteiger partial charge on any atom is 0.0577 e. The van der Waals surface area contributed by atoms with Crippen LogP contribution in [0.5, 0.6) is 0 Å². The molecule has 0 bridgehead atoms. The molecule has 0 unspecified atom stereocenters. The summed E-state index contributed by atoms with van der Waals surface area (Å²) >= 11 is 0. The van der Waals surface area contributed by atoms with Crippen LogP contribution in [0.3, 0.4) is 0 Å². The molecule has 3 nitrogen and oxygen atoms in total. The van der Waals surface area contributed by atoms with Crippen molar-refractivity contribution in [2.45, 2.75) is 104 Å². The van der Waals surface area contributed by atoms with E-state index in [-0.39, 0.29) is 12.0 Å². The van der Waals surface area contributed by atoms with Gasteiger partial charge in [0.1, 0.15) is 0 Å². The number of rotatable bonds is 6. The van der Waals surface area contributed by atoms with Crippen LogP contribution in [-0.2, 0) is 4.79 Å². The molecule has 3 saturated carbocycles. The molecule has 0 aliphatic heterocycles. The molecule has 0 aromatic rings. The zero-order valence-corrected chi connectivity index (χ0v) is 19.7. The molecule has 4 aliphatic carbocycles. The summed E-state index contributed by atoms with van der Waals surface area (Å²) in [5, 5.41) is 21.2.